The maximum absolute atomic E-state index is 4.42. The van der Waals surface area contributed by atoms with Crippen molar-refractivity contribution in [3.8, 4) is 0 Å². The van der Waals surface area contributed by atoms with Gasteiger partial charge in [0, 0.05) is 45.8 Å². The van der Waals surface area contributed by atoms with Gasteiger partial charge in [0.25, 0.3) is 0 Å². The maximum atomic E-state index is 4.42. The van der Waals surface area contributed by atoms with Crippen molar-refractivity contribution in [3.63, 3.8) is 0 Å². The van der Waals surface area contributed by atoms with Crippen LogP contribution in [0.2, 0.25) is 0 Å². The van der Waals surface area contributed by atoms with Gasteiger partial charge < -0.3 is 15.1 Å². The first-order chi connectivity index (χ1) is 10.1. The molecule has 0 radical (unpaired) electrons. The molecule has 0 spiro atoms. The van der Waals surface area contributed by atoms with Crippen LogP contribution in [0.3, 0.4) is 0 Å². The van der Waals surface area contributed by atoms with E-state index in [0.29, 0.717) is 5.92 Å². The minimum atomic E-state index is 0. The molecule has 1 aliphatic rings. The highest BCUT2D eigenvalue weighted by molar-refractivity contribution is 14.0. The van der Waals surface area contributed by atoms with Crippen LogP contribution in [0.25, 0.3) is 0 Å². The van der Waals surface area contributed by atoms with Crippen LogP contribution in [-0.2, 0) is 7.05 Å². The van der Waals surface area contributed by atoms with E-state index < -0.39 is 0 Å². The Morgan fingerprint density at radius 2 is 2.27 bits per heavy atom. The molecule has 0 saturated carbocycles. The molecule has 0 amide bonds. The fourth-order valence-corrected chi connectivity index (χ4v) is 2.80. The molecule has 1 unspecified atom stereocenters. The van der Waals surface area contributed by atoms with Crippen LogP contribution < -0.4 is 5.32 Å². The Labute approximate surface area is 151 Å². The second-order valence-corrected chi connectivity index (χ2v) is 6.01. The largest absolute Gasteiger partial charge is 0.356 e. The Kier molecular flexibility index (Phi) is 8.16. The second-order valence-electron chi connectivity index (χ2n) is 6.01. The van der Waals surface area contributed by atoms with Gasteiger partial charge in [-0.3, -0.25) is 9.67 Å². The summed E-state index contributed by atoms with van der Waals surface area (Å²) in [5, 5.41) is 7.75. The molecule has 2 heterocycles. The predicted molar refractivity (Wildman–Crippen MR) is 102 cm³/mol. The Morgan fingerprint density at radius 1 is 1.50 bits per heavy atom. The van der Waals surface area contributed by atoms with E-state index in [1.54, 1.807) is 0 Å². The lowest BCUT2D eigenvalue weighted by Gasteiger charge is -2.22. The summed E-state index contributed by atoms with van der Waals surface area (Å²) in [5.74, 6) is 1.60. The Hall–Kier alpha value is -0.830. The number of aliphatic imine (C=N–C) groups is 1. The normalized spacial score (nSPS) is 18.7. The van der Waals surface area contributed by atoms with E-state index in [2.05, 4.69) is 45.5 Å². The Bertz CT molecular complexity index is 470. The summed E-state index contributed by atoms with van der Waals surface area (Å²) in [6.07, 6.45) is 6.42. The zero-order valence-corrected chi connectivity index (χ0v) is 16.4. The average Bonchev–Trinajstić information content (AvgIpc) is 3.07. The van der Waals surface area contributed by atoms with Crippen LogP contribution in [0.1, 0.15) is 24.3 Å². The first kappa shape index (κ1) is 19.2. The number of halogens is 1. The van der Waals surface area contributed by atoms with Gasteiger partial charge in [-0.25, -0.2) is 0 Å². The Balaban J connectivity index is 0.00000242. The number of hydrogen-bond donors (Lipinski definition) is 1. The number of rotatable bonds is 5. The van der Waals surface area contributed by atoms with Crippen molar-refractivity contribution in [2.75, 3.05) is 47.3 Å². The summed E-state index contributed by atoms with van der Waals surface area (Å²) >= 11 is 0. The number of aryl methyl sites for hydroxylation is 1. The van der Waals surface area contributed by atoms with Crippen LogP contribution >= 0.6 is 24.0 Å². The summed E-state index contributed by atoms with van der Waals surface area (Å²) < 4.78 is 1.88. The van der Waals surface area contributed by atoms with Gasteiger partial charge in [-0.05, 0) is 39.0 Å². The van der Waals surface area contributed by atoms with Gasteiger partial charge in [0.2, 0.25) is 0 Å². The smallest absolute Gasteiger partial charge is 0.193 e. The van der Waals surface area contributed by atoms with E-state index in [0.717, 1.165) is 38.6 Å². The zero-order valence-electron chi connectivity index (χ0n) is 14.1. The molecule has 7 heteroatoms. The maximum Gasteiger partial charge on any atom is 0.193 e. The van der Waals surface area contributed by atoms with Crippen molar-refractivity contribution < 1.29 is 0 Å². The molecule has 22 heavy (non-hydrogen) atoms. The molecule has 1 aromatic heterocycles. The quantitative estimate of drug-likeness (QED) is 0.338. The SMILES string of the molecule is CN=C(NCCCN(C)C)N1CCC(c2cnn(C)c2)C1.I. The van der Waals surface area contributed by atoms with Gasteiger partial charge in [-0.15, -0.1) is 24.0 Å². The zero-order chi connectivity index (χ0) is 15.2. The predicted octanol–water partition coefficient (Wildman–Crippen LogP) is 1.35. The van der Waals surface area contributed by atoms with Crippen LogP contribution in [0.5, 0.6) is 0 Å². The number of aromatic nitrogens is 2. The third-order valence-electron chi connectivity index (χ3n) is 3.96. The van der Waals surface area contributed by atoms with Crippen LogP contribution in [0, 0.1) is 0 Å². The van der Waals surface area contributed by atoms with Gasteiger partial charge in [0.1, 0.15) is 0 Å². The van der Waals surface area contributed by atoms with E-state index in [-0.39, 0.29) is 24.0 Å². The Morgan fingerprint density at radius 3 is 2.86 bits per heavy atom. The van der Waals surface area contributed by atoms with Crippen LogP contribution in [0.4, 0.5) is 0 Å². The summed E-state index contributed by atoms with van der Waals surface area (Å²) in [6, 6.07) is 0. The second kappa shape index (κ2) is 9.34. The van der Waals surface area contributed by atoms with Crippen molar-refractivity contribution in [1.82, 2.24) is 24.9 Å². The number of likely N-dealkylation sites (tertiary alicyclic amines) is 1. The highest BCUT2D eigenvalue weighted by Gasteiger charge is 2.26. The van der Waals surface area contributed by atoms with Crippen molar-refractivity contribution in [3.05, 3.63) is 18.0 Å². The lowest BCUT2D eigenvalue weighted by molar-refractivity contribution is 0.396. The van der Waals surface area contributed by atoms with Crippen LogP contribution in [0.15, 0.2) is 17.4 Å². The molecule has 1 saturated heterocycles. The molecule has 1 aromatic rings. The van der Waals surface area contributed by atoms with Crippen LogP contribution in [-0.4, -0.2) is 72.9 Å². The van der Waals surface area contributed by atoms with Gasteiger partial charge in [-0.1, -0.05) is 0 Å². The summed E-state index contributed by atoms with van der Waals surface area (Å²) in [6.45, 7) is 4.16. The standard InChI is InChI=1S/C15H28N6.HI/c1-16-15(17-7-5-8-19(2)3)21-9-6-13(12-21)14-10-18-20(4)11-14;/h10-11,13H,5-9,12H2,1-4H3,(H,16,17);1H. The third-order valence-corrected chi connectivity index (χ3v) is 3.96. The highest BCUT2D eigenvalue weighted by Crippen LogP contribution is 2.26. The minimum Gasteiger partial charge on any atom is -0.356 e. The molecular weight excluding hydrogens is 391 g/mol. The molecular formula is C15H29IN6. The summed E-state index contributed by atoms with van der Waals surface area (Å²) in [7, 11) is 8.05. The summed E-state index contributed by atoms with van der Waals surface area (Å²) in [4.78, 5) is 8.98. The molecule has 0 aliphatic carbocycles. The monoisotopic (exact) mass is 420 g/mol. The average molecular weight is 420 g/mol. The van der Waals surface area contributed by atoms with E-state index in [9.17, 15) is 0 Å². The topological polar surface area (TPSA) is 48.7 Å². The molecule has 1 atom stereocenters. The molecule has 2 rings (SSSR count). The molecule has 6 nitrogen and oxygen atoms in total. The fraction of sp³-hybridized carbons (Fsp3) is 0.733. The van der Waals surface area contributed by atoms with E-state index in [4.69, 9.17) is 0 Å². The number of nitrogens with zero attached hydrogens (tertiary/aromatic N) is 5. The highest BCUT2D eigenvalue weighted by atomic mass is 127. The molecule has 1 fully saturated rings. The van der Waals surface area contributed by atoms with Crippen molar-refractivity contribution in [2.45, 2.75) is 18.8 Å². The van der Waals surface area contributed by atoms with Gasteiger partial charge >= 0.3 is 0 Å². The lowest BCUT2D eigenvalue weighted by Crippen LogP contribution is -2.40. The molecule has 1 aliphatic heterocycles. The summed E-state index contributed by atoms with van der Waals surface area (Å²) in [5.41, 5.74) is 1.34. The van der Waals surface area contributed by atoms with Gasteiger partial charge in [-0.2, -0.15) is 5.10 Å². The molecule has 126 valence electrons. The van der Waals surface area contributed by atoms with E-state index in [1.165, 1.54) is 12.0 Å². The van der Waals surface area contributed by atoms with Gasteiger partial charge in [0.15, 0.2) is 5.96 Å². The van der Waals surface area contributed by atoms with Crippen molar-refractivity contribution in [2.24, 2.45) is 12.0 Å². The number of nitrogens with one attached hydrogen (secondary N) is 1. The van der Waals surface area contributed by atoms with E-state index >= 15 is 0 Å². The fourth-order valence-electron chi connectivity index (χ4n) is 2.80. The molecule has 0 bridgehead atoms. The van der Waals surface area contributed by atoms with Gasteiger partial charge in [0.05, 0.1) is 6.20 Å². The van der Waals surface area contributed by atoms with Crippen molar-refractivity contribution in [1.29, 1.82) is 0 Å². The first-order valence-corrected chi connectivity index (χ1v) is 7.69. The first-order valence-electron chi connectivity index (χ1n) is 7.69. The molecule has 0 aromatic carbocycles. The number of hydrogen-bond acceptors (Lipinski definition) is 3. The lowest BCUT2D eigenvalue weighted by atomic mass is 10.0. The minimum absolute atomic E-state index is 0. The van der Waals surface area contributed by atoms with E-state index in [1.807, 2.05) is 25.0 Å². The van der Waals surface area contributed by atoms with Crippen molar-refractivity contribution >= 4 is 29.9 Å². The number of guanidine groups is 1. The third kappa shape index (κ3) is 5.42. The molecule has 1 N–H and O–H groups in total.